The van der Waals surface area contributed by atoms with Gasteiger partial charge in [-0.25, -0.2) is 4.99 Å². The van der Waals surface area contributed by atoms with Crippen molar-refractivity contribution in [3.05, 3.63) is 29.8 Å². The van der Waals surface area contributed by atoms with E-state index in [9.17, 15) is 4.79 Å². The highest BCUT2D eigenvalue weighted by Crippen LogP contribution is 2.38. The molecule has 1 aliphatic heterocycles. The lowest BCUT2D eigenvalue weighted by molar-refractivity contribution is -0.121. The van der Waals surface area contributed by atoms with Crippen LogP contribution < -0.4 is 5.32 Å². The van der Waals surface area contributed by atoms with Crippen LogP contribution in [0.4, 0.5) is 5.69 Å². The second-order valence-electron chi connectivity index (χ2n) is 6.28. The summed E-state index contributed by atoms with van der Waals surface area (Å²) in [4.78, 5) is 17.3. The number of para-hydroxylation sites is 1. The molecule has 23 heavy (non-hydrogen) atoms. The molecule has 0 spiro atoms. The molecule has 0 saturated carbocycles. The first kappa shape index (κ1) is 17.9. The van der Waals surface area contributed by atoms with Gasteiger partial charge in [0.15, 0.2) is 0 Å². The van der Waals surface area contributed by atoms with Gasteiger partial charge in [-0.3, -0.25) is 9.10 Å². The van der Waals surface area contributed by atoms with E-state index in [1.165, 1.54) is 6.42 Å². The lowest BCUT2D eigenvalue weighted by atomic mass is 10.2. The van der Waals surface area contributed by atoms with Crippen molar-refractivity contribution in [3.8, 4) is 0 Å². The molecule has 1 saturated heterocycles. The lowest BCUT2D eigenvalue weighted by Crippen LogP contribution is -2.48. The van der Waals surface area contributed by atoms with E-state index >= 15 is 0 Å². The van der Waals surface area contributed by atoms with Crippen molar-refractivity contribution in [1.29, 1.82) is 0 Å². The zero-order valence-electron chi connectivity index (χ0n) is 14.7. The van der Waals surface area contributed by atoms with Crippen LogP contribution in [0, 0.1) is 6.92 Å². The molecule has 0 radical (unpaired) electrons. The number of aryl methyl sites for hydroxylation is 1. The van der Waals surface area contributed by atoms with Gasteiger partial charge < -0.3 is 5.32 Å². The van der Waals surface area contributed by atoms with Crippen molar-refractivity contribution < 1.29 is 4.79 Å². The number of carbonyl (C=O) groups excluding carboxylic acids is 1. The largest absolute Gasteiger partial charge is 0.313 e. The lowest BCUT2D eigenvalue weighted by Gasteiger charge is -2.41. The van der Waals surface area contributed by atoms with Gasteiger partial charge >= 0.3 is 0 Å². The Bertz CT molecular complexity index is 645. The number of nitrogens with one attached hydrogen (secondary N) is 1. The third-order valence-corrected chi connectivity index (χ3v) is 6.68. The van der Waals surface area contributed by atoms with Crippen LogP contribution in [-0.2, 0) is 4.79 Å². The zero-order valence-corrected chi connectivity index (χ0v) is 15.5. The number of carbonyl (C=O) groups is 1. The molecular weight excluding hydrogens is 306 g/mol. The quantitative estimate of drug-likeness (QED) is 0.519. The number of amides is 1. The molecule has 1 unspecified atom stereocenters. The highest BCUT2D eigenvalue weighted by atomic mass is 32.2. The van der Waals surface area contributed by atoms with Crippen molar-refractivity contribution in [2.75, 3.05) is 13.1 Å². The highest BCUT2D eigenvalue weighted by Gasteiger charge is 2.36. The summed E-state index contributed by atoms with van der Waals surface area (Å²) in [5, 5.41) is 5.14. The van der Waals surface area contributed by atoms with Crippen LogP contribution >= 0.6 is 10.7 Å². The normalized spacial score (nSPS) is 17.7. The van der Waals surface area contributed by atoms with Crippen LogP contribution in [0.2, 0.25) is 0 Å². The minimum absolute atomic E-state index is 0.0284. The van der Waals surface area contributed by atoms with Crippen molar-refractivity contribution in [3.63, 3.8) is 0 Å². The molecule has 126 valence electrons. The van der Waals surface area contributed by atoms with Gasteiger partial charge in [0.2, 0.25) is 5.91 Å². The maximum Gasteiger partial charge on any atom is 0.241 e. The molecule has 1 aromatic carbocycles. The van der Waals surface area contributed by atoms with Gasteiger partial charge in [-0.2, -0.15) is 0 Å². The van der Waals surface area contributed by atoms with Gasteiger partial charge in [0.1, 0.15) is 5.84 Å². The zero-order chi connectivity index (χ0) is 17.0. The van der Waals surface area contributed by atoms with Gasteiger partial charge in [0, 0.05) is 13.1 Å². The standard InChI is InChI=1S/C18H27N3OS/c1-6-23(21-12-9-13-21)18(4,5)17(22)20-15(3)19-16-11-8-7-10-14(16)2/h6-8,10-11H,9,12-13H2,1-5H3,(H,19,20,22). The minimum Gasteiger partial charge on any atom is -0.313 e. The summed E-state index contributed by atoms with van der Waals surface area (Å²) in [6.07, 6.45) is 1.23. The number of amidine groups is 1. The molecule has 5 heteroatoms. The van der Waals surface area contributed by atoms with E-state index in [-0.39, 0.29) is 16.6 Å². The Labute approximate surface area is 142 Å². The van der Waals surface area contributed by atoms with Gasteiger partial charge in [0.05, 0.1) is 10.4 Å². The molecule has 2 rings (SSSR count). The molecule has 1 aliphatic rings. The van der Waals surface area contributed by atoms with Crippen molar-refractivity contribution >= 4 is 33.5 Å². The first-order valence-corrected chi connectivity index (χ1v) is 9.31. The fourth-order valence-electron chi connectivity index (χ4n) is 2.56. The first-order chi connectivity index (χ1) is 10.9. The summed E-state index contributed by atoms with van der Waals surface area (Å²) in [7, 11) is -0.156. The summed E-state index contributed by atoms with van der Waals surface area (Å²) >= 11 is 0. The van der Waals surface area contributed by atoms with E-state index in [0.717, 1.165) is 24.3 Å². The predicted octanol–water partition coefficient (Wildman–Crippen LogP) is 3.65. The minimum atomic E-state index is -0.461. The highest BCUT2D eigenvalue weighted by molar-refractivity contribution is 8.14. The summed E-state index contributed by atoms with van der Waals surface area (Å²) in [5.41, 5.74) is 1.99. The van der Waals surface area contributed by atoms with E-state index in [1.54, 1.807) is 0 Å². The molecule has 1 heterocycles. The molecular formula is C18H27N3OS. The van der Waals surface area contributed by atoms with Gasteiger partial charge in [-0.1, -0.05) is 18.2 Å². The fourth-order valence-corrected chi connectivity index (χ4v) is 4.98. The molecule has 1 fully saturated rings. The van der Waals surface area contributed by atoms with Crippen LogP contribution in [0.5, 0.6) is 0 Å². The smallest absolute Gasteiger partial charge is 0.241 e. The summed E-state index contributed by atoms with van der Waals surface area (Å²) in [5.74, 6) is 0.668. The number of rotatable bonds is 4. The molecule has 0 aromatic heterocycles. The van der Waals surface area contributed by atoms with E-state index in [1.807, 2.05) is 58.9 Å². The van der Waals surface area contributed by atoms with Crippen molar-refractivity contribution in [1.82, 2.24) is 9.62 Å². The van der Waals surface area contributed by atoms with E-state index < -0.39 is 4.75 Å². The summed E-state index contributed by atoms with van der Waals surface area (Å²) in [6.45, 7) is 12.1. The number of aliphatic imine (C=N–C) groups is 1. The maximum absolute atomic E-state index is 12.8. The monoisotopic (exact) mass is 333 g/mol. The number of benzene rings is 1. The number of hydrogen-bond acceptors (Lipinski definition) is 3. The maximum atomic E-state index is 12.8. The SMILES string of the molecule is C/C=S(\N1CCC1)C(C)(C)C(=O)NC(C)=Nc1ccccc1C. The molecule has 1 amide bonds. The first-order valence-electron chi connectivity index (χ1n) is 8.06. The third-order valence-electron chi connectivity index (χ3n) is 4.08. The van der Waals surface area contributed by atoms with Crippen LogP contribution in [-0.4, -0.2) is 39.3 Å². The van der Waals surface area contributed by atoms with Crippen molar-refractivity contribution in [2.24, 2.45) is 4.99 Å². The molecule has 0 bridgehead atoms. The Morgan fingerprint density at radius 2 is 2.00 bits per heavy atom. The molecule has 1 N–H and O–H groups in total. The topological polar surface area (TPSA) is 44.7 Å². The third kappa shape index (κ3) is 4.09. The molecule has 4 nitrogen and oxygen atoms in total. The second-order valence-corrected chi connectivity index (χ2v) is 8.92. The van der Waals surface area contributed by atoms with E-state index in [0.29, 0.717) is 5.84 Å². The van der Waals surface area contributed by atoms with E-state index in [4.69, 9.17) is 0 Å². The second kappa shape index (κ2) is 7.41. The fraction of sp³-hybridized carbons (Fsp3) is 0.500. The Hall–Kier alpha value is -1.46. The average Bonchev–Trinajstić information content (AvgIpc) is 2.44. The van der Waals surface area contributed by atoms with E-state index in [2.05, 4.69) is 20.0 Å². The average molecular weight is 334 g/mol. The molecule has 0 aliphatic carbocycles. The Kier molecular flexibility index (Phi) is 5.76. The predicted molar refractivity (Wildman–Crippen MR) is 102 cm³/mol. The number of nitrogens with zero attached hydrogens (tertiary/aromatic N) is 2. The number of hydrogen-bond donors (Lipinski definition) is 1. The Balaban J connectivity index is 2.12. The Morgan fingerprint density at radius 3 is 2.52 bits per heavy atom. The Morgan fingerprint density at radius 1 is 1.35 bits per heavy atom. The molecule has 1 aromatic rings. The van der Waals surface area contributed by atoms with Gasteiger partial charge in [-0.15, -0.1) is 10.7 Å². The van der Waals surface area contributed by atoms with Crippen LogP contribution in [0.25, 0.3) is 0 Å². The van der Waals surface area contributed by atoms with Gasteiger partial charge in [0.25, 0.3) is 0 Å². The molecule has 1 atom stereocenters. The van der Waals surface area contributed by atoms with Crippen LogP contribution in [0.15, 0.2) is 29.3 Å². The van der Waals surface area contributed by atoms with Crippen LogP contribution in [0.1, 0.15) is 39.7 Å². The van der Waals surface area contributed by atoms with Crippen LogP contribution in [0.3, 0.4) is 0 Å². The summed E-state index contributed by atoms with van der Waals surface area (Å²) < 4.78 is 1.92. The van der Waals surface area contributed by atoms with Crippen molar-refractivity contribution in [2.45, 2.75) is 45.8 Å². The van der Waals surface area contributed by atoms with Gasteiger partial charge in [-0.05, 0) is 58.0 Å². The summed E-state index contributed by atoms with van der Waals surface area (Å²) in [6, 6.07) is 7.92.